The highest BCUT2D eigenvalue weighted by molar-refractivity contribution is 9.10. The lowest BCUT2D eigenvalue weighted by atomic mass is 10.1. The van der Waals surface area contributed by atoms with Crippen LogP contribution in [0.3, 0.4) is 0 Å². The zero-order valence-corrected chi connectivity index (χ0v) is 11.3. The topological polar surface area (TPSA) is 45.1 Å². The minimum atomic E-state index is 0.207. The first-order chi connectivity index (χ1) is 8.20. The number of pyridine rings is 1. The van der Waals surface area contributed by atoms with E-state index in [-0.39, 0.29) is 6.61 Å². The third-order valence-corrected chi connectivity index (χ3v) is 3.04. The van der Waals surface area contributed by atoms with Gasteiger partial charge >= 0.3 is 0 Å². The van der Waals surface area contributed by atoms with E-state index in [9.17, 15) is 0 Å². The van der Waals surface area contributed by atoms with E-state index in [0.29, 0.717) is 0 Å². The number of benzene rings is 1. The lowest BCUT2D eigenvalue weighted by Crippen LogP contribution is -2.04. The van der Waals surface area contributed by atoms with E-state index < -0.39 is 0 Å². The van der Waals surface area contributed by atoms with Crippen LogP contribution in [-0.2, 0) is 0 Å². The molecule has 3 nitrogen and oxygen atoms in total. The van der Waals surface area contributed by atoms with Gasteiger partial charge in [0.15, 0.2) is 0 Å². The maximum atomic E-state index is 8.80. The van der Waals surface area contributed by atoms with Crippen LogP contribution >= 0.6 is 15.9 Å². The first-order valence-electron chi connectivity index (χ1n) is 5.62. The Labute approximate surface area is 109 Å². The second-order valence-electron chi connectivity index (χ2n) is 3.98. The van der Waals surface area contributed by atoms with Crippen LogP contribution in [0.5, 0.6) is 0 Å². The van der Waals surface area contributed by atoms with Gasteiger partial charge in [0, 0.05) is 34.4 Å². The molecule has 0 aliphatic carbocycles. The summed E-state index contributed by atoms with van der Waals surface area (Å²) in [6.07, 6.45) is 0.747. The molecular formula is C13H15BrN2O. The monoisotopic (exact) mass is 294 g/mol. The van der Waals surface area contributed by atoms with Crippen molar-refractivity contribution in [3.63, 3.8) is 0 Å². The minimum absolute atomic E-state index is 0.207. The Hall–Kier alpha value is -1.13. The average molecular weight is 295 g/mol. The van der Waals surface area contributed by atoms with Crippen molar-refractivity contribution in [3.8, 4) is 0 Å². The zero-order valence-electron chi connectivity index (χ0n) is 9.70. The second-order valence-corrected chi connectivity index (χ2v) is 4.89. The number of aliphatic hydroxyl groups excluding tert-OH is 1. The molecule has 0 unspecified atom stereocenters. The smallest absolute Gasteiger partial charge is 0.0726 e. The van der Waals surface area contributed by atoms with Crippen molar-refractivity contribution in [2.75, 3.05) is 18.5 Å². The van der Waals surface area contributed by atoms with Gasteiger partial charge in [-0.25, -0.2) is 0 Å². The van der Waals surface area contributed by atoms with Crippen LogP contribution in [0.4, 0.5) is 5.69 Å². The number of nitrogens with one attached hydrogen (secondary N) is 1. The molecule has 17 heavy (non-hydrogen) atoms. The average Bonchev–Trinajstić information content (AvgIpc) is 2.30. The van der Waals surface area contributed by atoms with Crippen molar-refractivity contribution < 1.29 is 5.11 Å². The highest BCUT2D eigenvalue weighted by Crippen LogP contribution is 2.26. The van der Waals surface area contributed by atoms with Crippen molar-refractivity contribution in [3.05, 3.63) is 34.4 Å². The van der Waals surface area contributed by atoms with E-state index in [4.69, 9.17) is 5.11 Å². The third kappa shape index (κ3) is 2.96. The molecule has 2 aromatic rings. The molecule has 0 saturated carbocycles. The van der Waals surface area contributed by atoms with Crippen LogP contribution in [0.1, 0.15) is 12.1 Å². The third-order valence-electron chi connectivity index (χ3n) is 2.55. The fraction of sp³-hybridized carbons (Fsp3) is 0.308. The number of nitrogens with zero attached hydrogens (tertiary/aromatic N) is 1. The fourth-order valence-electron chi connectivity index (χ4n) is 1.78. The molecule has 4 heteroatoms. The number of aliphatic hydroxyl groups is 1. The SMILES string of the molecule is Cc1cc(NCCCO)c2cc(Br)ccc2n1. The van der Waals surface area contributed by atoms with Gasteiger partial charge in [0.2, 0.25) is 0 Å². The summed E-state index contributed by atoms with van der Waals surface area (Å²) in [4.78, 5) is 4.50. The first kappa shape index (κ1) is 12.3. The van der Waals surface area contributed by atoms with E-state index >= 15 is 0 Å². The molecule has 90 valence electrons. The highest BCUT2D eigenvalue weighted by Gasteiger charge is 2.04. The van der Waals surface area contributed by atoms with Crippen molar-refractivity contribution >= 4 is 32.5 Å². The van der Waals surface area contributed by atoms with Crippen molar-refractivity contribution in [1.29, 1.82) is 0 Å². The molecule has 0 spiro atoms. The number of hydrogen-bond acceptors (Lipinski definition) is 3. The van der Waals surface area contributed by atoms with E-state index in [1.807, 2.05) is 25.1 Å². The van der Waals surface area contributed by atoms with Gasteiger partial charge in [0.25, 0.3) is 0 Å². The Bertz CT molecular complexity index is 528. The largest absolute Gasteiger partial charge is 0.396 e. The number of aromatic nitrogens is 1. The van der Waals surface area contributed by atoms with Gasteiger partial charge < -0.3 is 10.4 Å². The molecule has 0 amide bonds. The number of fused-ring (bicyclic) bond motifs is 1. The standard InChI is InChI=1S/C13H15BrN2O/c1-9-7-13(15-5-2-6-17)11-8-10(14)3-4-12(11)16-9/h3-4,7-8,17H,2,5-6H2,1H3,(H,15,16). The molecule has 0 aliphatic rings. The molecule has 2 N–H and O–H groups in total. The number of rotatable bonds is 4. The van der Waals surface area contributed by atoms with Crippen LogP contribution in [-0.4, -0.2) is 23.2 Å². The van der Waals surface area contributed by atoms with E-state index in [0.717, 1.165) is 39.7 Å². The van der Waals surface area contributed by atoms with Gasteiger partial charge in [-0.15, -0.1) is 0 Å². The first-order valence-corrected chi connectivity index (χ1v) is 6.41. The molecule has 1 aromatic carbocycles. The van der Waals surface area contributed by atoms with Crippen LogP contribution in [0.25, 0.3) is 10.9 Å². The summed E-state index contributed by atoms with van der Waals surface area (Å²) in [6, 6.07) is 8.09. The summed E-state index contributed by atoms with van der Waals surface area (Å²) in [5, 5.41) is 13.2. The second kappa shape index (κ2) is 5.47. The Balaban J connectivity index is 2.40. The van der Waals surface area contributed by atoms with E-state index in [1.54, 1.807) is 0 Å². The molecule has 2 rings (SSSR count). The lowest BCUT2D eigenvalue weighted by Gasteiger charge is -2.10. The summed E-state index contributed by atoms with van der Waals surface area (Å²) in [6.45, 7) is 2.96. The minimum Gasteiger partial charge on any atom is -0.396 e. The fourth-order valence-corrected chi connectivity index (χ4v) is 2.14. The quantitative estimate of drug-likeness (QED) is 0.852. The molecule has 0 bridgehead atoms. The number of aryl methyl sites for hydroxylation is 1. The van der Waals surface area contributed by atoms with E-state index in [1.165, 1.54) is 0 Å². The normalized spacial score (nSPS) is 10.8. The van der Waals surface area contributed by atoms with Gasteiger partial charge in [-0.2, -0.15) is 0 Å². The van der Waals surface area contributed by atoms with Crippen LogP contribution in [0.2, 0.25) is 0 Å². The summed E-state index contributed by atoms with van der Waals surface area (Å²) in [5.74, 6) is 0. The maximum Gasteiger partial charge on any atom is 0.0726 e. The summed E-state index contributed by atoms with van der Waals surface area (Å²) in [7, 11) is 0. The molecule has 0 saturated heterocycles. The highest BCUT2D eigenvalue weighted by atomic mass is 79.9. The van der Waals surface area contributed by atoms with Crippen LogP contribution in [0, 0.1) is 6.92 Å². The predicted octanol–water partition coefficient (Wildman–Crippen LogP) is 3.10. The van der Waals surface area contributed by atoms with Gasteiger partial charge in [-0.1, -0.05) is 15.9 Å². The molecule has 0 radical (unpaired) electrons. The van der Waals surface area contributed by atoms with Gasteiger partial charge in [-0.3, -0.25) is 4.98 Å². The Morgan fingerprint density at radius 3 is 2.94 bits per heavy atom. The molecule has 0 fully saturated rings. The molecule has 0 atom stereocenters. The predicted molar refractivity (Wildman–Crippen MR) is 74.4 cm³/mol. The summed E-state index contributed by atoms with van der Waals surface area (Å²) < 4.78 is 1.04. The number of halogens is 1. The molecule has 1 heterocycles. The van der Waals surface area contributed by atoms with Crippen LogP contribution in [0.15, 0.2) is 28.7 Å². The summed E-state index contributed by atoms with van der Waals surface area (Å²) in [5.41, 5.74) is 3.05. The van der Waals surface area contributed by atoms with Crippen molar-refractivity contribution in [2.24, 2.45) is 0 Å². The zero-order chi connectivity index (χ0) is 12.3. The number of hydrogen-bond donors (Lipinski definition) is 2. The number of anilines is 1. The Morgan fingerprint density at radius 2 is 2.18 bits per heavy atom. The van der Waals surface area contributed by atoms with Gasteiger partial charge in [0.05, 0.1) is 5.52 Å². The van der Waals surface area contributed by atoms with Crippen LogP contribution < -0.4 is 5.32 Å². The molecule has 0 aliphatic heterocycles. The van der Waals surface area contributed by atoms with Gasteiger partial charge in [-0.05, 0) is 37.6 Å². The van der Waals surface area contributed by atoms with Crippen molar-refractivity contribution in [1.82, 2.24) is 4.98 Å². The maximum absolute atomic E-state index is 8.80. The lowest BCUT2D eigenvalue weighted by molar-refractivity contribution is 0.292. The Morgan fingerprint density at radius 1 is 1.35 bits per heavy atom. The van der Waals surface area contributed by atoms with Crippen molar-refractivity contribution in [2.45, 2.75) is 13.3 Å². The molecular weight excluding hydrogens is 280 g/mol. The summed E-state index contributed by atoms with van der Waals surface area (Å²) >= 11 is 3.47. The molecule has 1 aromatic heterocycles. The Kier molecular flexibility index (Phi) is 3.97. The van der Waals surface area contributed by atoms with Gasteiger partial charge in [0.1, 0.15) is 0 Å². The van der Waals surface area contributed by atoms with E-state index in [2.05, 4.69) is 32.3 Å².